The van der Waals surface area contributed by atoms with Gasteiger partial charge in [-0.05, 0) is 67.2 Å². The second kappa shape index (κ2) is 8.94. The molecule has 0 saturated carbocycles. The van der Waals surface area contributed by atoms with Crippen LogP contribution in [-0.2, 0) is 11.3 Å². The third kappa shape index (κ3) is 4.80. The summed E-state index contributed by atoms with van der Waals surface area (Å²) >= 11 is 0. The highest BCUT2D eigenvalue weighted by Gasteiger charge is 2.22. The van der Waals surface area contributed by atoms with Gasteiger partial charge >= 0.3 is 5.97 Å². The van der Waals surface area contributed by atoms with Crippen LogP contribution in [0.25, 0.3) is 10.9 Å². The zero-order valence-corrected chi connectivity index (χ0v) is 18.0. The van der Waals surface area contributed by atoms with E-state index in [0.717, 1.165) is 49.1 Å². The number of amides is 1. The van der Waals surface area contributed by atoms with Crippen LogP contribution in [0, 0.1) is 5.92 Å². The topological polar surface area (TPSA) is 85.4 Å². The molecular weight excluding hydrogens is 390 g/mol. The molecule has 2 heterocycles. The van der Waals surface area contributed by atoms with E-state index in [1.807, 2.05) is 38.2 Å². The molecule has 3 N–H and O–H groups in total. The summed E-state index contributed by atoms with van der Waals surface area (Å²) in [7, 11) is 0. The number of carboxylic acids is 1. The molecule has 2 aromatic carbocycles. The van der Waals surface area contributed by atoms with E-state index in [2.05, 4.69) is 27.3 Å². The number of H-pyrrole nitrogens is 1. The first-order chi connectivity index (χ1) is 14.9. The van der Waals surface area contributed by atoms with E-state index in [0.29, 0.717) is 11.5 Å². The van der Waals surface area contributed by atoms with Crippen LogP contribution in [-0.4, -0.2) is 40.0 Å². The predicted molar refractivity (Wildman–Crippen MR) is 122 cm³/mol. The summed E-state index contributed by atoms with van der Waals surface area (Å²) in [6.07, 6.45) is 4.14. The second-order valence-electron chi connectivity index (χ2n) is 8.70. The van der Waals surface area contributed by atoms with Crippen molar-refractivity contribution in [3.63, 3.8) is 0 Å². The van der Waals surface area contributed by atoms with Gasteiger partial charge in [-0.2, -0.15) is 0 Å². The Balaban J connectivity index is 1.38. The molecule has 1 aliphatic rings. The van der Waals surface area contributed by atoms with E-state index in [-0.39, 0.29) is 11.8 Å². The molecule has 3 aromatic rings. The van der Waals surface area contributed by atoms with Crippen molar-refractivity contribution in [2.24, 2.45) is 5.92 Å². The molecule has 0 unspecified atom stereocenters. The molecule has 1 fully saturated rings. The van der Waals surface area contributed by atoms with Crippen molar-refractivity contribution in [3.8, 4) is 0 Å². The van der Waals surface area contributed by atoms with E-state index >= 15 is 0 Å². The number of benzene rings is 2. The van der Waals surface area contributed by atoms with Crippen molar-refractivity contribution in [1.82, 2.24) is 9.88 Å². The number of carbonyl (C=O) groups excluding carboxylic acids is 1. The number of aromatic amines is 1. The van der Waals surface area contributed by atoms with Crippen LogP contribution in [0.4, 0.5) is 5.69 Å². The lowest BCUT2D eigenvalue weighted by atomic mass is 9.89. The van der Waals surface area contributed by atoms with Crippen LogP contribution < -0.4 is 5.32 Å². The fourth-order valence-electron chi connectivity index (χ4n) is 4.27. The zero-order chi connectivity index (χ0) is 22.0. The molecule has 0 bridgehead atoms. The highest BCUT2D eigenvalue weighted by atomic mass is 16.4. The van der Waals surface area contributed by atoms with Crippen LogP contribution in [0.3, 0.4) is 0 Å². The maximum Gasteiger partial charge on any atom is 0.335 e. The van der Waals surface area contributed by atoms with Crippen LogP contribution in [0.5, 0.6) is 0 Å². The minimum atomic E-state index is -0.909. The molecule has 6 heteroatoms. The van der Waals surface area contributed by atoms with Gasteiger partial charge in [-0.15, -0.1) is 0 Å². The third-order valence-electron chi connectivity index (χ3n) is 6.15. The van der Waals surface area contributed by atoms with Crippen LogP contribution in [0.1, 0.15) is 54.1 Å². The molecule has 1 aliphatic heterocycles. The third-order valence-corrected chi connectivity index (χ3v) is 6.15. The van der Waals surface area contributed by atoms with Crippen molar-refractivity contribution in [2.75, 3.05) is 18.4 Å². The quantitative estimate of drug-likeness (QED) is 0.534. The molecule has 0 aliphatic carbocycles. The van der Waals surface area contributed by atoms with E-state index in [1.165, 1.54) is 11.1 Å². The van der Waals surface area contributed by atoms with Gasteiger partial charge in [0.15, 0.2) is 0 Å². The Bertz CT molecular complexity index is 1090. The van der Waals surface area contributed by atoms with Crippen LogP contribution >= 0.6 is 0 Å². The number of nitrogens with zero attached hydrogens (tertiary/aromatic N) is 1. The molecule has 6 nitrogen and oxygen atoms in total. The SMILES string of the molecule is CC(C)C(=O)Nc1cccc(C2CCN(Cc3c[nH]c4cc(C(=O)O)ccc34)CC2)c1. The normalized spacial score (nSPS) is 15.5. The number of anilines is 1. The minimum Gasteiger partial charge on any atom is -0.478 e. The Labute approximate surface area is 182 Å². The van der Waals surface area contributed by atoms with Gasteiger partial charge in [-0.3, -0.25) is 9.69 Å². The molecule has 1 saturated heterocycles. The first-order valence-electron chi connectivity index (χ1n) is 10.9. The lowest BCUT2D eigenvalue weighted by molar-refractivity contribution is -0.118. The highest BCUT2D eigenvalue weighted by molar-refractivity contribution is 5.94. The molecule has 31 heavy (non-hydrogen) atoms. The van der Waals surface area contributed by atoms with Crippen molar-refractivity contribution >= 4 is 28.5 Å². The number of hydrogen-bond donors (Lipinski definition) is 3. The molecule has 0 spiro atoms. The molecule has 1 amide bonds. The van der Waals surface area contributed by atoms with Gasteiger partial charge in [-0.1, -0.05) is 32.0 Å². The number of hydrogen-bond acceptors (Lipinski definition) is 3. The van der Waals surface area contributed by atoms with Gasteiger partial charge in [0.1, 0.15) is 0 Å². The van der Waals surface area contributed by atoms with Gasteiger partial charge in [0, 0.05) is 35.2 Å². The van der Waals surface area contributed by atoms with E-state index in [9.17, 15) is 14.7 Å². The number of piperidine rings is 1. The number of aromatic carboxylic acids is 1. The summed E-state index contributed by atoms with van der Waals surface area (Å²) in [6.45, 7) is 6.66. The average Bonchev–Trinajstić information content (AvgIpc) is 3.16. The number of carboxylic acid groups (broad SMARTS) is 1. The number of rotatable bonds is 6. The largest absolute Gasteiger partial charge is 0.478 e. The number of carbonyl (C=O) groups is 2. The molecule has 0 atom stereocenters. The predicted octanol–water partition coefficient (Wildman–Crippen LogP) is 4.84. The molecule has 1 aromatic heterocycles. The maximum atomic E-state index is 12.0. The summed E-state index contributed by atoms with van der Waals surface area (Å²) in [6, 6.07) is 13.5. The van der Waals surface area contributed by atoms with Crippen LogP contribution in [0.2, 0.25) is 0 Å². The summed E-state index contributed by atoms with van der Waals surface area (Å²) in [5.74, 6) is -0.408. The lowest BCUT2D eigenvalue weighted by Crippen LogP contribution is -2.32. The Morgan fingerprint density at radius 1 is 1.16 bits per heavy atom. The molecule has 0 radical (unpaired) electrons. The van der Waals surface area contributed by atoms with Crippen molar-refractivity contribution in [1.29, 1.82) is 0 Å². The van der Waals surface area contributed by atoms with Crippen molar-refractivity contribution < 1.29 is 14.7 Å². The average molecular weight is 420 g/mol. The zero-order valence-electron chi connectivity index (χ0n) is 18.0. The Morgan fingerprint density at radius 2 is 1.94 bits per heavy atom. The highest BCUT2D eigenvalue weighted by Crippen LogP contribution is 2.31. The molecule has 4 rings (SSSR count). The Kier molecular flexibility index (Phi) is 6.09. The standard InChI is InChI=1S/C25H29N3O3/c1-16(2)24(29)27-21-5-3-4-18(12-21)17-8-10-28(11-9-17)15-20-14-26-23-13-19(25(30)31)6-7-22(20)23/h3-7,12-14,16-17,26H,8-11,15H2,1-2H3,(H,27,29)(H,30,31). The number of aromatic nitrogens is 1. The van der Waals surface area contributed by atoms with Gasteiger partial charge < -0.3 is 15.4 Å². The van der Waals surface area contributed by atoms with Gasteiger partial charge in [0.25, 0.3) is 0 Å². The van der Waals surface area contributed by atoms with Gasteiger partial charge in [0.05, 0.1) is 5.56 Å². The van der Waals surface area contributed by atoms with E-state index < -0.39 is 5.97 Å². The number of likely N-dealkylation sites (tertiary alicyclic amines) is 1. The maximum absolute atomic E-state index is 12.0. The van der Waals surface area contributed by atoms with E-state index in [4.69, 9.17) is 0 Å². The summed E-state index contributed by atoms with van der Waals surface area (Å²) in [5, 5.41) is 13.3. The van der Waals surface area contributed by atoms with Crippen molar-refractivity contribution in [2.45, 2.75) is 39.2 Å². The monoisotopic (exact) mass is 419 g/mol. The van der Waals surface area contributed by atoms with Crippen LogP contribution in [0.15, 0.2) is 48.7 Å². The Morgan fingerprint density at radius 3 is 2.65 bits per heavy atom. The Hall–Kier alpha value is -3.12. The smallest absolute Gasteiger partial charge is 0.335 e. The van der Waals surface area contributed by atoms with Crippen molar-refractivity contribution in [3.05, 3.63) is 65.4 Å². The fourth-order valence-corrected chi connectivity index (χ4v) is 4.27. The second-order valence-corrected chi connectivity index (χ2v) is 8.70. The minimum absolute atomic E-state index is 0.0351. The van der Waals surface area contributed by atoms with Gasteiger partial charge in [0.2, 0.25) is 5.91 Å². The summed E-state index contributed by atoms with van der Waals surface area (Å²) in [4.78, 5) is 28.8. The summed E-state index contributed by atoms with van der Waals surface area (Å²) in [5.41, 5.74) is 4.52. The summed E-state index contributed by atoms with van der Waals surface area (Å²) < 4.78 is 0. The number of nitrogens with one attached hydrogen (secondary N) is 2. The lowest BCUT2D eigenvalue weighted by Gasteiger charge is -2.32. The van der Waals surface area contributed by atoms with E-state index in [1.54, 1.807) is 12.1 Å². The number of fused-ring (bicyclic) bond motifs is 1. The molecule has 162 valence electrons. The fraction of sp³-hybridized carbons (Fsp3) is 0.360. The first kappa shape index (κ1) is 21.1. The van der Waals surface area contributed by atoms with Gasteiger partial charge in [-0.25, -0.2) is 4.79 Å². The first-order valence-corrected chi connectivity index (χ1v) is 10.9. The molecular formula is C25H29N3O3.